The number of carbonyl (C=O) groups is 1. The second-order valence-electron chi connectivity index (χ2n) is 6.29. The second kappa shape index (κ2) is 8.62. The standard InChI is InChI=1S/C20H26N2O3/c1-5-22(13-17(23)16-10-8-15(4)9-11-16)20(24)19-18(25-14(2)3)7-6-12-21-19/h6-12,14,17,23H,5,13H2,1-4H3. The average molecular weight is 342 g/mol. The summed E-state index contributed by atoms with van der Waals surface area (Å²) >= 11 is 0. The summed E-state index contributed by atoms with van der Waals surface area (Å²) in [4.78, 5) is 18.6. The number of carbonyl (C=O) groups excluding carboxylic acids is 1. The van der Waals surface area contributed by atoms with Crippen molar-refractivity contribution in [2.75, 3.05) is 13.1 Å². The van der Waals surface area contributed by atoms with E-state index in [1.54, 1.807) is 23.2 Å². The van der Waals surface area contributed by atoms with Crippen LogP contribution in [0.25, 0.3) is 0 Å². The van der Waals surface area contributed by atoms with Gasteiger partial charge in [-0.1, -0.05) is 29.8 Å². The number of aliphatic hydroxyl groups excluding tert-OH is 1. The van der Waals surface area contributed by atoms with Crippen LogP contribution in [-0.2, 0) is 0 Å². The Labute approximate surface area is 149 Å². The van der Waals surface area contributed by atoms with Crippen LogP contribution in [0.15, 0.2) is 42.6 Å². The normalized spacial score (nSPS) is 12.1. The molecule has 0 saturated carbocycles. The summed E-state index contributed by atoms with van der Waals surface area (Å²) in [6, 6.07) is 11.1. The summed E-state index contributed by atoms with van der Waals surface area (Å²) < 4.78 is 5.69. The zero-order valence-electron chi connectivity index (χ0n) is 15.3. The van der Waals surface area contributed by atoms with Gasteiger partial charge < -0.3 is 14.7 Å². The maximum Gasteiger partial charge on any atom is 0.276 e. The van der Waals surface area contributed by atoms with E-state index in [4.69, 9.17) is 4.74 Å². The highest BCUT2D eigenvalue weighted by Gasteiger charge is 2.23. The Kier molecular flexibility index (Phi) is 6.53. The zero-order valence-corrected chi connectivity index (χ0v) is 15.3. The highest BCUT2D eigenvalue weighted by Crippen LogP contribution is 2.21. The molecule has 1 N–H and O–H groups in total. The Morgan fingerprint density at radius 2 is 1.92 bits per heavy atom. The average Bonchev–Trinajstić information content (AvgIpc) is 2.59. The number of hydrogen-bond acceptors (Lipinski definition) is 4. The third kappa shape index (κ3) is 5.03. The molecule has 1 unspecified atom stereocenters. The van der Waals surface area contributed by atoms with Gasteiger partial charge in [0, 0.05) is 12.7 Å². The van der Waals surface area contributed by atoms with Crippen molar-refractivity contribution in [3.8, 4) is 5.75 Å². The molecule has 0 radical (unpaired) electrons. The van der Waals surface area contributed by atoms with Gasteiger partial charge in [0.25, 0.3) is 5.91 Å². The van der Waals surface area contributed by atoms with Crippen LogP contribution in [0.3, 0.4) is 0 Å². The van der Waals surface area contributed by atoms with Crippen molar-refractivity contribution in [3.05, 3.63) is 59.4 Å². The predicted octanol–water partition coefficient (Wildman–Crippen LogP) is 3.37. The number of benzene rings is 1. The lowest BCUT2D eigenvalue weighted by Gasteiger charge is -2.25. The predicted molar refractivity (Wildman–Crippen MR) is 97.7 cm³/mol. The molecule has 25 heavy (non-hydrogen) atoms. The first-order valence-corrected chi connectivity index (χ1v) is 8.58. The van der Waals surface area contributed by atoms with Gasteiger partial charge in [-0.15, -0.1) is 0 Å². The summed E-state index contributed by atoms with van der Waals surface area (Å²) in [5, 5.41) is 10.5. The van der Waals surface area contributed by atoms with Crippen molar-refractivity contribution in [3.63, 3.8) is 0 Å². The summed E-state index contributed by atoms with van der Waals surface area (Å²) in [5.74, 6) is 0.218. The number of ether oxygens (including phenoxy) is 1. The molecule has 0 aliphatic carbocycles. The third-order valence-electron chi connectivity index (χ3n) is 3.86. The van der Waals surface area contributed by atoms with E-state index in [0.29, 0.717) is 12.3 Å². The SMILES string of the molecule is CCN(CC(O)c1ccc(C)cc1)C(=O)c1ncccc1OC(C)C. The molecule has 0 aliphatic rings. The number of nitrogens with zero attached hydrogens (tertiary/aromatic N) is 2. The fourth-order valence-electron chi connectivity index (χ4n) is 2.51. The molecule has 1 aromatic carbocycles. The fraction of sp³-hybridized carbons (Fsp3) is 0.400. The summed E-state index contributed by atoms with van der Waals surface area (Å²) in [5.41, 5.74) is 2.19. The molecule has 0 aliphatic heterocycles. The van der Waals surface area contributed by atoms with Gasteiger partial charge in [0.1, 0.15) is 0 Å². The third-order valence-corrected chi connectivity index (χ3v) is 3.86. The van der Waals surface area contributed by atoms with Crippen molar-refractivity contribution in [1.82, 2.24) is 9.88 Å². The lowest BCUT2D eigenvalue weighted by molar-refractivity contribution is 0.0623. The van der Waals surface area contributed by atoms with E-state index in [0.717, 1.165) is 11.1 Å². The number of rotatable bonds is 7. The molecule has 2 rings (SSSR count). The molecule has 0 fully saturated rings. The first-order valence-electron chi connectivity index (χ1n) is 8.58. The van der Waals surface area contributed by atoms with E-state index in [9.17, 15) is 9.90 Å². The van der Waals surface area contributed by atoms with Gasteiger partial charge in [-0.3, -0.25) is 4.79 Å². The monoisotopic (exact) mass is 342 g/mol. The molecule has 1 heterocycles. The lowest BCUT2D eigenvalue weighted by atomic mass is 10.1. The molecule has 0 saturated heterocycles. The van der Waals surface area contributed by atoms with Crippen molar-refractivity contribution >= 4 is 5.91 Å². The van der Waals surface area contributed by atoms with Gasteiger partial charge in [0.2, 0.25) is 0 Å². The summed E-state index contributed by atoms with van der Waals surface area (Å²) in [6.45, 7) is 8.36. The molecule has 134 valence electrons. The van der Waals surface area contributed by atoms with Gasteiger partial charge >= 0.3 is 0 Å². The van der Waals surface area contributed by atoms with Gasteiger partial charge in [-0.05, 0) is 45.4 Å². The van der Waals surface area contributed by atoms with E-state index >= 15 is 0 Å². The highest BCUT2D eigenvalue weighted by molar-refractivity contribution is 5.95. The lowest BCUT2D eigenvalue weighted by Crippen LogP contribution is -2.35. The smallest absolute Gasteiger partial charge is 0.276 e. The molecule has 5 heteroatoms. The zero-order chi connectivity index (χ0) is 18.4. The number of pyridine rings is 1. The van der Waals surface area contributed by atoms with Crippen LogP contribution in [0.1, 0.15) is 48.5 Å². The van der Waals surface area contributed by atoms with Gasteiger partial charge in [-0.25, -0.2) is 4.98 Å². The maximum absolute atomic E-state index is 12.9. The molecule has 5 nitrogen and oxygen atoms in total. The Balaban J connectivity index is 2.17. The van der Waals surface area contributed by atoms with E-state index in [1.807, 2.05) is 52.0 Å². The largest absolute Gasteiger partial charge is 0.489 e. The number of amides is 1. The van der Waals surface area contributed by atoms with Gasteiger partial charge in [0.05, 0.1) is 18.8 Å². The number of hydrogen-bond donors (Lipinski definition) is 1. The maximum atomic E-state index is 12.9. The fourth-order valence-corrected chi connectivity index (χ4v) is 2.51. The van der Waals surface area contributed by atoms with Crippen LogP contribution in [-0.4, -0.2) is 40.1 Å². The van der Waals surface area contributed by atoms with Crippen molar-refractivity contribution in [2.45, 2.75) is 39.9 Å². The molecule has 0 spiro atoms. The van der Waals surface area contributed by atoms with Gasteiger partial charge in [0.15, 0.2) is 11.4 Å². The highest BCUT2D eigenvalue weighted by atomic mass is 16.5. The van der Waals surface area contributed by atoms with Crippen LogP contribution >= 0.6 is 0 Å². The Morgan fingerprint density at radius 3 is 2.52 bits per heavy atom. The van der Waals surface area contributed by atoms with E-state index < -0.39 is 6.10 Å². The first-order chi connectivity index (χ1) is 11.9. The molecule has 0 bridgehead atoms. The molecular weight excluding hydrogens is 316 g/mol. The second-order valence-corrected chi connectivity index (χ2v) is 6.29. The number of likely N-dealkylation sites (N-methyl/N-ethyl adjacent to an activating group) is 1. The topological polar surface area (TPSA) is 62.7 Å². The van der Waals surface area contributed by atoms with Crippen LogP contribution < -0.4 is 4.74 Å². The first kappa shape index (κ1) is 18.9. The summed E-state index contributed by atoms with van der Waals surface area (Å²) in [7, 11) is 0. The molecular formula is C20H26N2O3. The quantitative estimate of drug-likeness (QED) is 0.838. The van der Waals surface area contributed by atoms with Crippen LogP contribution in [0.4, 0.5) is 0 Å². The van der Waals surface area contributed by atoms with E-state index in [-0.39, 0.29) is 24.2 Å². The Hall–Kier alpha value is -2.40. The van der Waals surface area contributed by atoms with Crippen LogP contribution in [0.2, 0.25) is 0 Å². The van der Waals surface area contributed by atoms with E-state index in [1.165, 1.54) is 0 Å². The van der Waals surface area contributed by atoms with Crippen LogP contribution in [0, 0.1) is 6.92 Å². The minimum atomic E-state index is -0.748. The molecule has 1 atom stereocenters. The van der Waals surface area contributed by atoms with Crippen molar-refractivity contribution in [2.24, 2.45) is 0 Å². The Morgan fingerprint density at radius 1 is 1.24 bits per heavy atom. The van der Waals surface area contributed by atoms with E-state index in [2.05, 4.69) is 4.98 Å². The Bertz CT molecular complexity index is 698. The molecule has 1 aromatic heterocycles. The minimum Gasteiger partial charge on any atom is -0.489 e. The minimum absolute atomic E-state index is 0.0519. The van der Waals surface area contributed by atoms with Crippen LogP contribution in [0.5, 0.6) is 5.75 Å². The van der Waals surface area contributed by atoms with Crippen molar-refractivity contribution < 1.29 is 14.6 Å². The molecule has 1 amide bonds. The number of aromatic nitrogens is 1. The molecule has 2 aromatic rings. The number of aryl methyl sites for hydroxylation is 1. The summed E-state index contributed by atoms with van der Waals surface area (Å²) in [6.07, 6.45) is 0.775. The van der Waals surface area contributed by atoms with Crippen molar-refractivity contribution in [1.29, 1.82) is 0 Å². The number of aliphatic hydroxyl groups is 1. The van der Waals surface area contributed by atoms with Gasteiger partial charge in [-0.2, -0.15) is 0 Å².